The Morgan fingerprint density at radius 1 is 1.12 bits per heavy atom. The standard InChI is InChI=1S/C10H17N2O3P/c1-3-14-16(13,15-4-2)12-11-10-8-6-5-7-9-10/h5-9,11H,3-4H2,1-2H3,(H,12,13). The quantitative estimate of drug-likeness (QED) is 0.570. The average molecular weight is 244 g/mol. The molecule has 0 unspecified atom stereocenters. The molecule has 1 rings (SSSR count). The fourth-order valence-electron chi connectivity index (χ4n) is 1.10. The smallest absolute Gasteiger partial charge is 0.312 e. The fraction of sp³-hybridized carbons (Fsp3) is 0.400. The third-order valence-corrected chi connectivity index (χ3v) is 3.29. The van der Waals surface area contributed by atoms with Crippen LogP contribution < -0.4 is 10.6 Å². The lowest BCUT2D eigenvalue weighted by atomic mass is 10.3. The van der Waals surface area contributed by atoms with Gasteiger partial charge >= 0.3 is 7.75 Å². The normalized spacial score (nSPS) is 11.4. The van der Waals surface area contributed by atoms with Gasteiger partial charge in [-0.25, -0.2) is 4.57 Å². The van der Waals surface area contributed by atoms with Crippen LogP contribution in [0.4, 0.5) is 5.69 Å². The molecule has 90 valence electrons. The maximum Gasteiger partial charge on any atom is 0.423 e. The summed E-state index contributed by atoms with van der Waals surface area (Å²) in [5.74, 6) is 0. The lowest BCUT2D eigenvalue weighted by Crippen LogP contribution is -2.21. The highest BCUT2D eigenvalue weighted by Crippen LogP contribution is 2.42. The molecule has 1 aromatic rings. The SMILES string of the molecule is CCOP(=O)(NNc1ccccc1)OCC. The van der Waals surface area contributed by atoms with Crippen LogP contribution in [0, 0.1) is 0 Å². The van der Waals surface area contributed by atoms with Crippen molar-refractivity contribution in [2.75, 3.05) is 18.6 Å². The Hall–Kier alpha value is -0.870. The van der Waals surface area contributed by atoms with E-state index in [0.717, 1.165) is 5.69 Å². The van der Waals surface area contributed by atoms with Gasteiger partial charge < -0.3 is 5.43 Å². The van der Waals surface area contributed by atoms with Crippen LogP contribution >= 0.6 is 7.75 Å². The van der Waals surface area contributed by atoms with E-state index in [1.165, 1.54) is 0 Å². The summed E-state index contributed by atoms with van der Waals surface area (Å²) in [5, 5.41) is 2.58. The molecule has 0 aliphatic rings. The Kier molecular flexibility index (Phi) is 5.49. The van der Waals surface area contributed by atoms with E-state index < -0.39 is 7.75 Å². The van der Waals surface area contributed by atoms with Gasteiger partial charge in [-0.2, -0.15) is 0 Å². The molecule has 0 saturated heterocycles. The van der Waals surface area contributed by atoms with Crippen molar-refractivity contribution in [3.05, 3.63) is 30.3 Å². The molecule has 0 saturated carbocycles. The predicted molar refractivity (Wildman–Crippen MR) is 64.1 cm³/mol. The second-order valence-electron chi connectivity index (χ2n) is 2.94. The molecule has 0 spiro atoms. The van der Waals surface area contributed by atoms with Crippen molar-refractivity contribution in [3.8, 4) is 0 Å². The lowest BCUT2D eigenvalue weighted by Gasteiger charge is -2.18. The Morgan fingerprint density at radius 3 is 2.19 bits per heavy atom. The zero-order valence-electron chi connectivity index (χ0n) is 9.47. The Bertz CT molecular complexity index is 335. The number of rotatable bonds is 7. The van der Waals surface area contributed by atoms with Crippen LogP contribution in [0.1, 0.15) is 13.8 Å². The fourth-order valence-corrected chi connectivity index (χ4v) is 2.25. The van der Waals surface area contributed by atoms with Crippen LogP contribution in [0.5, 0.6) is 0 Å². The van der Waals surface area contributed by atoms with Crippen LogP contribution in [-0.4, -0.2) is 13.2 Å². The predicted octanol–water partition coefficient (Wildman–Crippen LogP) is 2.78. The van der Waals surface area contributed by atoms with Gasteiger partial charge in [-0.15, -0.1) is 5.20 Å². The second-order valence-corrected chi connectivity index (χ2v) is 4.67. The summed E-state index contributed by atoms with van der Waals surface area (Å²) in [5.41, 5.74) is 3.59. The Labute approximate surface area is 95.7 Å². The van der Waals surface area contributed by atoms with E-state index in [1.54, 1.807) is 13.8 Å². The maximum absolute atomic E-state index is 12.0. The van der Waals surface area contributed by atoms with Gasteiger partial charge in [0.1, 0.15) is 0 Å². The van der Waals surface area contributed by atoms with Gasteiger partial charge in [0.15, 0.2) is 0 Å². The highest BCUT2D eigenvalue weighted by atomic mass is 31.2. The minimum Gasteiger partial charge on any atom is -0.312 e. The molecule has 0 amide bonds. The maximum atomic E-state index is 12.0. The van der Waals surface area contributed by atoms with E-state index in [2.05, 4.69) is 10.6 Å². The van der Waals surface area contributed by atoms with Gasteiger partial charge in [0, 0.05) is 5.69 Å². The summed E-state index contributed by atoms with van der Waals surface area (Å²) in [6, 6.07) is 9.33. The van der Waals surface area contributed by atoms with Crippen molar-refractivity contribution in [3.63, 3.8) is 0 Å². The molecule has 0 bridgehead atoms. The summed E-state index contributed by atoms with van der Waals surface area (Å²) < 4.78 is 22.1. The lowest BCUT2D eigenvalue weighted by molar-refractivity contribution is 0.213. The molecule has 6 heteroatoms. The largest absolute Gasteiger partial charge is 0.423 e. The third kappa shape index (κ3) is 4.33. The minimum atomic E-state index is -3.25. The average Bonchev–Trinajstić information content (AvgIpc) is 2.29. The molecule has 5 nitrogen and oxygen atoms in total. The first-order valence-corrected chi connectivity index (χ1v) is 6.72. The van der Waals surface area contributed by atoms with Crippen LogP contribution in [0.3, 0.4) is 0 Å². The van der Waals surface area contributed by atoms with E-state index in [1.807, 2.05) is 30.3 Å². The zero-order valence-corrected chi connectivity index (χ0v) is 10.4. The van der Waals surface area contributed by atoms with E-state index in [9.17, 15) is 4.57 Å². The molecule has 16 heavy (non-hydrogen) atoms. The second kappa shape index (κ2) is 6.66. The molecule has 0 atom stereocenters. The molecular weight excluding hydrogens is 227 g/mol. The monoisotopic (exact) mass is 244 g/mol. The molecule has 2 N–H and O–H groups in total. The molecule has 0 aliphatic heterocycles. The topological polar surface area (TPSA) is 59.6 Å². The first-order valence-electron chi connectivity index (χ1n) is 5.17. The van der Waals surface area contributed by atoms with Crippen LogP contribution in [0.2, 0.25) is 0 Å². The highest BCUT2D eigenvalue weighted by molar-refractivity contribution is 7.51. The van der Waals surface area contributed by atoms with Crippen LogP contribution in [0.25, 0.3) is 0 Å². The number of hydrogen-bond donors (Lipinski definition) is 2. The number of nitrogens with one attached hydrogen (secondary N) is 2. The first-order chi connectivity index (χ1) is 7.70. The van der Waals surface area contributed by atoms with Gasteiger partial charge in [-0.3, -0.25) is 9.05 Å². The number of para-hydroxylation sites is 1. The Morgan fingerprint density at radius 2 is 1.69 bits per heavy atom. The van der Waals surface area contributed by atoms with Crippen molar-refractivity contribution >= 4 is 13.4 Å². The number of benzene rings is 1. The van der Waals surface area contributed by atoms with E-state index in [0.29, 0.717) is 13.2 Å². The molecule has 0 aromatic heterocycles. The third-order valence-electron chi connectivity index (χ3n) is 1.71. The summed E-state index contributed by atoms with van der Waals surface area (Å²) in [6.45, 7) is 4.16. The number of hydrazine groups is 1. The first kappa shape index (κ1) is 13.2. The molecule has 0 aliphatic carbocycles. The molecule has 1 aromatic carbocycles. The van der Waals surface area contributed by atoms with Gasteiger partial charge in [0.2, 0.25) is 0 Å². The van der Waals surface area contributed by atoms with Crippen molar-refractivity contribution in [1.29, 1.82) is 0 Å². The van der Waals surface area contributed by atoms with Gasteiger partial charge in [-0.05, 0) is 26.0 Å². The molecular formula is C10H17N2O3P. The molecule has 0 radical (unpaired) electrons. The van der Waals surface area contributed by atoms with Gasteiger partial charge in [-0.1, -0.05) is 18.2 Å². The van der Waals surface area contributed by atoms with Crippen LogP contribution in [-0.2, 0) is 13.6 Å². The van der Waals surface area contributed by atoms with Crippen molar-refractivity contribution < 1.29 is 13.6 Å². The van der Waals surface area contributed by atoms with E-state index in [4.69, 9.17) is 9.05 Å². The van der Waals surface area contributed by atoms with E-state index in [-0.39, 0.29) is 0 Å². The minimum absolute atomic E-state index is 0.320. The van der Waals surface area contributed by atoms with Crippen molar-refractivity contribution in [2.45, 2.75) is 13.8 Å². The zero-order chi connectivity index (χ0) is 11.9. The van der Waals surface area contributed by atoms with Crippen molar-refractivity contribution in [2.24, 2.45) is 0 Å². The number of anilines is 1. The summed E-state index contributed by atoms with van der Waals surface area (Å²) in [6.07, 6.45) is 0. The highest BCUT2D eigenvalue weighted by Gasteiger charge is 2.22. The molecule has 0 heterocycles. The molecule has 0 fully saturated rings. The van der Waals surface area contributed by atoms with Gasteiger partial charge in [0.25, 0.3) is 0 Å². The summed E-state index contributed by atoms with van der Waals surface area (Å²) >= 11 is 0. The Balaban J connectivity index is 2.53. The summed E-state index contributed by atoms with van der Waals surface area (Å²) in [7, 11) is -3.25. The van der Waals surface area contributed by atoms with Crippen LogP contribution in [0.15, 0.2) is 30.3 Å². The van der Waals surface area contributed by atoms with E-state index >= 15 is 0 Å². The number of hydrogen-bond acceptors (Lipinski definition) is 4. The van der Waals surface area contributed by atoms with Crippen molar-refractivity contribution in [1.82, 2.24) is 5.20 Å². The summed E-state index contributed by atoms with van der Waals surface area (Å²) in [4.78, 5) is 0. The van der Waals surface area contributed by atoms with Gasteiger partial charge in [0.05, 0.1) is 13.2 Å².